The number of rotatable bonds is 8. The highest BCUT2D eigenvalue weighted by molar-refractivity contribution is 5.96. The number of piperazine rings is 1. The highest BCUT2D eigenvalue weighted by atomic mass is 19.1. The number of amides is 1. The van der Waals surface area contributed by atoms with Crippen LogP contribution in [0.5, 0.6) is 0 Å². The van der Waals surface area contributed by atoms with E-state index in [1.54, 1.807) is 13.8 Å². The smallest absolute Gasteiger partial charge is 0.255 e. The topological polar surface area (TPSA) is 53.4 Å². The molecule has 1 aliphatic heterocycles. The van der Waals surface area contributed by atoms with Gasteiger partial charge in [0.25, 0.3) is 5.91 Å². The average molecular weight is 468 g/mol. The summed E-state index contributed by atoms with van der Waals surface area (Å²) in [6.07, 6.45) is 1.88. The van der Waals surface area contributed by atoms with Gasteiger partial charge in [0.1, 0.15) is 11.5 Å². The molecule has 0 spiro atoms. The Morgan fingerprint density at radius 1 is 1.00 bits per heavy atom. The van der Waals surface area contributed by atoms with Crippen molar-refractivity contribution in [3.8, 4) is 5.69 Å². The molecule has 34 heavy (non-hydrogen) atoms. The molecule has 1 aromatic heterocycles. The van der Waals surface area contributed by atoms with Gasteiger partial charge in [-0.15, -0.1) is 0 Å². The Kier molecular flexibility index (Phi) is 7.57. The first-order valence-electron chi connectivity index (χ1n) is 11.8. The van der Waals surface area contributed by atoms with Gasteiger partial charge >= 0.3 is 0 Å². The second-order valence-electron chi connectivity index (χ2n) is 8.68. The van der Waals surface area contributed by atoms with Crippen molar-refractivity contribution in [2.75, 3.05) is 44.2 Å². The predicted molar refractivity (Wildman–Crippen MR) is 130 cm³/mol. The number of nitrogens with zero attached hydrogens (tertiary/aromatic N) is 4. The van der Waals surface area contributed by atoms with Gasteiger partial charge in [0.15, 0.2) is 5.82 Å². The third kappa shape index (κ3) is 5.44. The number of para-hydroxylation sites is 1. The van der Waals surface area contributed by atoms with Crippen LogP contribution in [0.4, 0.5) is 14.5 Å². The number of nitrogens with one attached hydrogen (secondary N) is 1. The van der Waals surface area contributed by atoms with Gasteiger partial charge in [0.2, 0.25) is 0 Å². The third-order valence-electron chi connectivity index (χ3n) is 6.34. The molecule has 1 aliphatic rings. The minimum Gasteiger partial charge on any atom is -0.369 e. The molecule has 0 radical (unpaired) electrons. The lowest BCUT2D eigenvalue weighted by Gasteiger charge is -2.36. The first-order valence-corrected chi connectivity index (χ1v) is 11.8. The quantitative estimate of drug-likeness (QED) is 0.507. The molecule has 0 aliphatic carbocycles. The highest BCUT2D eigenvalue weighted by Crippen LogP contribution is 2.21. The standard InChI is InChI=1S/C26H31F2N5O/c1-19-25(20(2)33(30-19)24-11-10-21(27)18-23(24)28)26(34)29-12-6-7-13-31-14-16-32(17-15-31)22-8-4-3-5-9-22/h3-5,8-11,18H,6-7,12-17H2,1-2H3,(H,29,34). The molecule has 0 saturated carbocycles. The number of unbranched alkanes of at least 4 members (excludes halogenated alkanes) is 1. The maximum Gasteiger partial charge on any atom is 0.255 e. The van der Waals surface area contributed by atoms with Crippen molar-refractivity contribution in [3.05, 3.63) is 77.1 Å². The molecule has 180 valence electrons. The van der Waals surface area contributed by atoms with Gasteiger partial charge in [-0.1, -0.05) is 18.2 Å². The minimum atomic E-state index is -0.720. The van der Waals surface area contributed by atoms with Crippen molar-refractivity contribution in [2.45, 2.75) is 26.7 Å². The molecular formula is C26H31F2N5O. The molecule has 4 rings (SSSR count). The van der Waals surface area contributed by atoms with Crippen LogP contribution in [0.1, 0.15) is 34.6 Å². The van der Waals surface area contributed by atoms with E-state index in [2.05, 4.69) is 44.5 Å². The number of hydrogen-bond donors (Lipinski definition) is 1. The monoisotopic (exact) mass is 467 g/mol. The van der Waals surface area contributed by atoms with Crippen LogP contribution in [0.25, 0.3) is 5.69 Å². The van der Waals surface area contributed by atoms with Crippen molar-refractivity contribution < 1.29 is 13.6 Å². The lowest BCUT2D eigenvalue weighted by atomic mass is 10.1. The molecule has 0 atom stereocenters. The molecule has 0 bridgehead atoms. The Hall–Kier alpha value is -3.26. The Bertz CT molecular complexity index is 1120. The molecular weight excluding hydrogens is 436 g/mol. The number of aromatic nitrogens is 2. The van der Waals surface area contributed by atoms with E-state index in [-0.39, 0.29) is 11.6 Å². The molecule has 1 N–H and O–H groups in total. The van der Waals surface area contributed by atoms with Crippen molar-refractivity contribution in [2.24, 2.45) is 0 Å². The van der Waals surface area contributed by atoms with Crippen LogP contribution in [0.15, 0.2) is 48.5 Å². The normalized spacial score (nSPS) is 14.4. The molecule has 2 aromatic carbocycles. The Morgan fingerprint density at radius 2 is 1.74 bits per heavy atom. The largest absolute Gasteiger partial charge is 0.369 e. The first kappa shape index (κ1) is 23.9. The molecule has 8 heteroatoms. The number of carbonyl (C=O) groups is 1. The summed E-state index contributed by atoms with van der Waals surface area (Å²) in [6.45, 7) is 9.14. The lowest BCUT2D eigenvalue weighted by Crippen LogP contribution is -2.46. The van der Waals surface area contributed by atoms with E-state index in [9.17, 15) is 13.6 Å². The van der Waals surface area contributed by atoms with Crippen molar-refractivity contribution in [1.29, 1.82) is 0 Å². The van der Waals surface area contributed by atoms with Crippen molar-refractivity contribution in [3.63, 3.8) is 0 Å². The van der Waals surface area contributed by atoms with Crippen LogP contribution in [-0.4, -0.2) is 59.9 Å². The van der Waals surface area contributed by atoms with Gasteiger partial charge < -0.3 is 10.2 Å². The fraction of sp³-hybridized carbons (Fsp3) is 0.385. The molecule has 1 amide bonds. The third-order valence-corrected chi connectivity index (χ3v) is 6.34. The zero-order chi connectivity index (χ0) is 24.1. The van der Waals surface area contributed by atoms with E-state index < -0.39 is 11.6 Å². The molecule has 1 saturated heterocycles. The summed E-state index contributed by atoms with van der Waals surface area (Å²) >= 11 is 0. The lowest BCUT2D eigenvalue weighted by molar-refractivity contribution is 0.0951. The zero-order valence-electron chi connectivity index (χ0n) is 19.7. The van der Waals surface area contributed by atoms with Gasteiger partial charge in [-0.3, -0.25) is 9.69 Å². The SMILES string of the molecule is Cc1nn(-c2ccc(F)cc2F)c(C)c1C(=O)NCCCCN1CCN(c2ccccc2)CC1. The maximum atomic E-state index is 14.2. The number of hydrogen-bond acceptors (Lipinski definition) is 4. The molecule has 1 fully saturated rings. The van der Waals surface area contributed by atoms with Crippen molar-refractivity contribution >= 4 is 11.6 Å². The van der Waals surface area contributed by atoms with E-state index in [4.69, 9.17) is 0 Å². The second kappa shape index (κ2) is 10.8. The van der Waals surface area contributed by atoms with E-state index >= 15 is 0 Å². The highest BCUT2D eigenvalue weighted by Gasteiger charge is 2.21. The summed E-state index contributed by atoms with van der Waals surface area (Å²) in [7, 11) is 0. The number of carbonyl (C=O) groups excluding carboxylic acids is 1. The Balaban J connectivity index is 1.22. The van der Waals surface area contributed by atoms with Crippen LogP contribution in [0.3, 0.4) is 0 Å². The van der Waals surface area contributed by atoms with Crippen LogP contribution < -0.4 is 10.2 Å². The van der Waals surface area contributed by atoms with Crippen LogP contribution in [0, 0.1) is 25.5 Å². The number of aryl methyl sites for hydroxylation is 1. The van der Waals surface area contributed by atoms with E-state index in [1.807, 2.05) is 6.07 Å². The van der Waals surface area contributed by atoms with Gasteiger partial charge in [-0.05, 0) is 57.5 Å². The molecule has 6 nitrogen and oxygen atoms in total. The van der Waals surface area contributed by atoms with Gasteiger partial charge in [-0.2, -0.15) is 5.10 Å². The Labute approximate surface area is 199 Å². The number of halogens is 2. The second-order valence-corrected chi connectivity index (χ2v) is 8.68. The Morgan fingerprint density at radius 3 is 2.44 bits per heavy atom. The predicted octanol–water partition coefficient (Wildman–Crippen LogP) is 4.10. The van der Waals surface area contributed by atoms with Crippen LogP contribution in [0.2, 0.25) is 0 Å². The number of benzene rings is 2. The summed E-state index contributed by atoms with van der Waals surface area (Å²) < 4.78 is 28.8. The summed E-state index contributed by atoms with van der Waals surface area (Å²) in [5, 5.41) is 7.27. The summed E-state index contributed by atoms with van der Waals surface area (Å²) in [5.74, 6) is -1.60. The van der Waals surface area contributed by atoms with Crippen LogP contribution in [-0.2, 0) is 0 Å². The average Bonchev–Trinajstić information content (AvgIpc) is 3.13. The van der Waals surface area contributed by atoms with Crippen molar-refractivity contribution in [1.82, 2.24) is 20.0 Å². The summed E-state index contributed by atoms with van der Waals surface area (Å²) in [6, 6.07) is 13.8. The first-order chi connectivity index (χ1) is 16.4. The van der Waals surface area contributed by atoms with E-state index in [1.165, 1.54) is 22.5 Å². The zero-order valence-corrected chi connectivity index (χ0v) is 19.7. The maximum absolute atomic E-state index is 14.2. The molecule has 2 heterocycles. The van der Waals surface area contributed by atoms with Gasteiger partial charge in [0, 0.05) is 44.5 Å². The fourth-order valence-corrected chi connectivity index (χ4v) is 4.48. The van der Waals surface area contributed by atoms with Gasteiger partial charge in [-0.25, -0.2) is 13.5 Å². The van der Waals surface area contributed by atoms with Crippen LogP contribution >= 0.6 is 0 Å². The van der Waals surface area contributed by atoms with E-state index in [0.29, 0.717) is 23.5 Å². The summed E-state index contributed by atoms with van der Waals surface area (Å²) in [5.41, 5.74) is 2.86. The number of anilines is 1. The fourth-order valence-electron chi connectivity index (χ4n) is 4.48. The minimum absolute atomic E-state index is 0.119. The van der Waals surface area contributed by atoms with Gasteiger partial charge in [0.05, 0.1) is 17.0 Å². The molecule has 0 unspecified atom stereocenters. The molecule has 3 aromatic rings. The summed E-state index contributed by atoms with van der Waals surface area (Å²) in [4.78, 5) is 17.7. The van der Waals surface area contributed by atoms with E-state index in [0.717, 1.165) is 51.6 Å².